The van der Waals surface area contributed by atoms with Gasteiger partial charge in [-0.1, -0.05) is 12.1 Å². The van der Waals surface area contributed by atoms with Crippen molar-refractivity contribution in [2.75, 3.05) is 19.8 Å². The molecular weight excluding hydrogens is 470 g/mol. The number of hydrogen-bond donors (Lipinski definition) is 4. The standard InChI is InChI=1S/C25H37N3O8/c1-5-35-20(31)13-14-26-22(32)21(16-9-11-18(30)12-10-16)28(17-7-6-8-17)23(33)19(15-29)27-24(34)36-25(2,3)4/h9-12,17,19,21,29-30H,5-8,13-15H2,1-4H3,(H,26,32)(H,27,34). The summed E-state index contributed by atoms with van der Waals surface area (Å²) < 4.78 is 10.1. The van der Waals surface area contributed by atoms with Crippen LogP contribution in [0.25, 0.3) is 0 Å². The molecule has 11 heteroatoms. The van der Waals surface area contributed by atoms with Crippen molar-refractivity contribution in [2.24, 2.45) is 0 Å². The lowest BCUT2D eigenvalue weighted by molar-refractivity contribution is -0.148. The number of aromatic hydroxyl groups is 1. The maximum Gasteiger partial charge on any atom is 0.408 e. The molecule has 1 aliphatic rings. The minimum Gasteiger partial charge on any atom is -0.508 e. The summed E-state index contributed by atoms with van der Waals surface area (Å²) in [6.07, 6.45) is 1.22. The van der Waals surface area contributed by atoms with Crippen LogP contribution in [0, 0.1) is 0 Å². The number of carbonyl (C=O) groups is 4. The van der Waals surface area contributed by atoms with Crippen LogP contribution in [0.1, 0.15) is 65.0 Å². The summed E-state index contributed by atoms with van der Waals surface area (Å²) >= 11 is 0. The van der Waals surface area contributed by atoms with Crippen LogP contribution < -0.4 is 10.6 Å². The largest absolute Gasteiger partial charge is 0.508 e. The zero-order chi connectivity index (χ0) is 26.9. The number of phenols is 1. The van der Waals surface area contributed by atoms with Gasteiger partial charge < -0.3 is 35.2 Å². The maximum absolute atomic E-state index is 13.7. The van der Waals surface area contributed by atoms with Gasteiger partial charge >= 0.3 is 12.1 Å². The van der Waals surface area contributed by atoms with E-state index in [0.29, 0.717) is 18.4 Å². The van der Waals surface area contributed by atoms with Crippen LogP contribution in [-0.2, 0) is 23.9 Å². The molecule has 0 radical (unpaired) electrons. The van der Waals surface area contributed by atoms with Crippen LogP contribution in [0.3, 0.4) is 0 Å². The van der Waals surface area contributed by atoms with Gasteiger partial charge in [-0.15, -0.1) is 0 Å². The summed E-state index contributed by atoms with van der Waals surface area (Å²) in [5.41, 5.74) is -0.385. The van der Waals surface area contributed by atoms with Gasteiger partial charge in [0.1, 0.15) is 23.4 Å². The summed E-state index contributed by atoms with van der Waals surface area (Å²) in [4.78, 5) is 52.4. The van der Waals surface area contributed by atoms with Crippen LogP contribution in [0.4, 0.5) is 4.79 Å². The number of alkyl carbamates (subject to hydrolysis) is 1. The Hall–Kier alpha value is -3.34. The van der Waals surface area contributed by atoms with Crippen molar-refractivity contribution in [3.8, 4) is 5.75 Å². The van der Waals surface area contributed by atoms with Gasteiger partial charge in [-0.2, -0.15) is 0 Å². The minimum atomic E-state index is -1.34. The van der Waals surface area contributed by atoms with Crippen molar-refractivity contribution >= 4 is 23.9 Å². The Bertz CT molecular complexity index is 909. The van der Waals surface area contributed by atoms with Gasteiger partial charge in [-0.25, -0.2) is 4.79 Å². The van der Waals surface area contributed by atoms with Gasteiger partial charge in [0.05, 0.1) is 19.6 Å². The highest BCUT2D eigenvalue weighted by Crippen LogP contribution is 2.34. The molecule has 0 heterocycles. The quantitative estimate of drug-likeness (QED) is 0.330. The molecule has 0 bridgehead atoms. The number of esters is 1. The number of rotatable bonds is 11. The molecule has 0 aromatic heterocycles. The molecule has 11 nitrogen and oxygen atoms in total. The highest BCUT2D eigenvalue weighted by atomic mass is 16.6. The smallest absolute Gasteiger partial charge is 0.408 e. The Morgan fingerprint density at radius 1 is 1.14 bits per heavy atom. The zero-order valence-corrected chi connectivity index (χ0v) is 21.3. The lowest BCUT2D eigenvalue weighted by Gasteiger charge is -2.43. The Balaban J connectivity index is 2.33. The van der Waals surface area contributed by atoms with E-state index in [1.807, 2.05) is 0 Å². The summed E-state index contributed by atoms with van der Waals surface area (Å²) in [5, 5.41) is 24.8. The second-order valence-corrected chi connectivity index (χ2v) is 9.55. The van der Waals surface area contributed by atoms with E-state index in [4.69, 9.17) is 9.47 Å². The van der Waals surface area contributed by atoms with E-state index in [-0.39, 0.29) is 31.4 Å². The number of aliphatic hydroxyl groups excluding tert-OH is 1. The van der Waals surface area contributed by atoms with Gasteiger partial charge in [0.15, 0.2) is 0 Å². The average molecular weight is 508 g/mol. The Morgan fingerprint density at radius 2 is 1.78 bits per heavy atom. The third kappa shape index (κ3) is 8.40. The van der Waals surface area contributed by atoms with E-state index < -0.39 is 48.2 Å². The third-order valence-electron chi connectivity index (χ3n) is 5.56. The minimum absolute atomic E-state index is 0.00145. The first-order chi connectivity index (χ1) is 17.0. The molecule has 0 aliphatic heterocycles. The van der Waals surface area contributed by atoms with E-state index in [1.54, 1.807) is 27.7 Å². The Morgan fingerprint density at radius 3 is 2.28 bits per heavy atom. The number of nitrogens with one attached hydrogen (secondary N) is 2. The average Bonchev–Trinajstić information content (AvgIpc) is 2.75. The second-order valence-electron chi connectivity index (χ2n) is 9.55. The highest BCUT2D eigenvalue weighted by molar-refractivity contribution is 5.92. The van der Waals surface area contributed by atoms with E-state index >= 15 is 0 Å². The lowest BCUT2D eigenvalue weighted by atomic mass is 9.88. The second kappa shape index (κ2) is 13.1. The normalized spacial score (nSPS) is 15.1. The van der Waals surface area contributed by atoms with Gasteiger partial charge in [-0.05, 0) is 64.7 Å². The Kier molecular flexibility index (Phi) is 10.5. The molecule has 1 fully saturated rings. The first kappa shape index (κ1) is 28.9. The fraction of sp³-hybridized carbons (Fsp3) is 0.600. The summed E-state index contributed by atoms with van der Waals surface area (Å²) in [5.74, 6) is -1.67. The number of amides is 3. The molecule has 1 saturated carbocycles. The van der Waals surface area contributed by atoms with Crippen molar-refractivity contribution in [3.63, 3.8) is 0 Å². The molecule has 4 N–H and O–H groups in total. The van der Waals surface area contributed by atoms with Crippen molar-refractivity contribution in [3.05, 3.63) is 29.8 Å². The molecule has 2 unspecified atom stereocenters. The number of nitrogens with zero attached hydrogens (tertiary/aromatic N) is 1. The lowest BCUT2D eigenvalue weighted by Crippen LogP contribution is -2.58. The van der Waals surface area contributed by atoms with Gasteiger partial charge in [0.25, 0.3) is 0 Å². The Labute approximate surface area is 211 Å². The molecule has 0 spiro atoms. The van der Waals surface area contributed by atoms with Crippen molar-refractivity contribution in [2.45, 2.75) is 77.1 Å². The van der Waals surface area contributed by atoms with Crippen molar-refractivity contribution in [1.82, 2.24) is 15.5 Å². The molecule has 1 aromatic rings. The van der Waals surface area contributed by atoms with E-state index in [9.17, 15) is 29.4 Å². The predicted molar refractivity (Wildman–Crippen MR) is 130 cm³/mol. The van der Waals surface area contributed by atoms with Crippen LogP contribution in [0.5, 0.6) is 5.75 Å². The highest BCUT2D eigenvalue weighted by Gasteiger charge is 2.41. The van der Waals surface area contributed by atoms with Crippen LogP contribution in [-0.4, -0.2) is 76.4 Å². The summed E-state index contributed by atoms with van der Waals surface area (Å²) in [7, 11) is 0. The van der Waals surface area contributed by atoms with Gasteiger partial charge in [-0.3, -0.25) is 14.4 Å². The SMILES string of the molecule is CCOC(=O)CCNC(=O)C(c1ccc(O)cc1)N(C(=O)C(CO)NC(=O)OC(C)(C)C)C1CCC1. The van der Waals surface area contributed by atoms with Crippen molar-refractivity contribution in [1.29, 1.82) is 0 Å². The molecule has 2 atom stereocenters. The zero-order valence-electron chi connectivity index (χ0n) is 21.3. The molecule has 1 aromatic carbocycles. The molecule has 1 aliphatic carbocycles. The van der Waals surface area contributed by atoms with Gasteiger partial charge in [0.2, 0.25) is 11.8 Å². The van der Waals surface area contributed by atoms with Crippen LogP contribution >= 0.6 is 0 Å². The molecule has 36 heavy (non-hydrogen) atoms. The fourth-order valence-electron chi connectivity index (χ4n) is 3.71. The van der Waals surface area contributed by atoms with Gasteiger partial charge in [0, 0.05) is 12.6 Å². The fourth-order valence-corrected chi connectivity index (χ4v) is 3.71. The van der Waals surface area contributed by atoms with E-state index in [1.165, 1.54) is 29.2 Å². The number of ether oxygens (including phenoxy) is 2. The first-order valence-electron chi connectivity index (χ1n) is 12.1. The van der Waals surface area contributed by atoms with Crippen LogP contribution in [0.2, 0.25) is 0 Å². The molecular formula is C25H37N3O8. The number of hydrogen-bond acceptors (Lipinski definition) is 8. The summed E-state index contributed by atoms with van der Waals surface area (Å²) in [6, 6.07) is 3.09. The number of aliphatic hydroxyl groups is 1. The van der Waals surface area contributed by atoms with Crippen LogP contribution in [0.15, 0.2) is 24.3 Å². The third-order valence-corrected chi connectivity index (χ3v) is 5.56. The monoisotopic (exact) mass is 507 g/mol. The summed E-state index contributed by atoms with van der Waals surface area (Å²) in [6.45, 7) is 6.22. The van der Waals surface area contributed by atoms with E-state index in [2.05, 4.69) is 10.6 Å². The topological polar surface area (TPSA) is 154 Å². The first-order valence-corrected chi connectivity index (χ1v) is 12.1. The molecule has 0 saturated heterocycles. The maximum atomic E-state index is 13.7. The molecule has 200 valence electrons. The molecule has 3 amide bonds. The number of benzene rings is 1. The number of carbonyl (C=O) groups excluding carboxylic acids is 4. The van der Waals surface area contributed by atoms with Crippen molar-refractivity contribution < 1.29 is 38.9 Å². The molecule has 2 rings (SSSR count). The number of phenolic OH excluding ortho intramolecular Hbond substituents is 1. The predicted octanol–water partition coefficient (Wildman–Crippen LogP) is 1.77. The van der Waals surface area contributed by atoms with E-state index in [0.717, 1.165) is 6.42 Å².